The highest BCUT2D eigenvalue weighted by Gasteiger charge is 1.94. The summed E-state index contributed by atoms with van der Waals surface area (Å²) in [5, 5.41) is 3.35. The monoisotopic (exact) mass is 265 g/mol. The van der Waals surface area contributed by atoms with E-state index in [9.17, 15) is 0 Å². The van der Waals surface area contributed by atoms with Gasteiger partial charge in [-0.3, -0.25) is 0 Å². The number of ether oxygens (including phenoxy) is 2. The van der Waals surface area contributed by atoms with Gasteiger partial charge in [-0.1, -0.05) is 32.0 Å². The molecule has 19 heavy (non-hydrogen) atoms. The zero-order valence-corrected chi connectivity index (χ0v) is 12.2. The molecule has 1 aromatic carbocycles. The zero-order chi connectivity index (χ0) is 13.8. The summed E-state index contributed by atoms with van der Waals surface area (Å²) in [4.78, 5) is 0. The van der Waals surface area contributed by atoms with Gasteiger partial charge in [-0.25, -0.2) is 0 Å². The fourth-order valence-electron chi connectivity index (χ4n) is 1.59. The van der Waals surface area contributed by atoms with Gasteiger partial charge in [0.25, 0.3) is 0 Å². The Labute approximate surface area is 117 Å². The maximum Gasteiger partial charge on any atom is 0.119 e. The summed E-state index contributed by atoms with van der Waals surface area (Å²) >= 11 is 0. The van der Waals surface area contributed by atoms with Gasteiger partial charge in [0.1, 0.15) is 5.75 Å². The van der Waals surface area contributed by atoms with E-state index >= 15 is 0 Å². The Hall–Kier alpha value is -1.06. The van der Waals surface area contributed by atoms with E-state index in [0.717, 1.165) is 57.4 Å². The van der Waals surface area contributed by atoms with E-state index in [0.29, 0.717) is 0 Å². The van der Waals surface area contributed by atoms with Crippen LogP contribution in [0.2, 0.25) is 0 Å². The second-order valence-electron chi connectivity index (χ2n) is 5.06. The van der Waals surface area contributed by atoms with Gasteiger partial charge in [0.2, 0.25) is 0 Å². The molecule has 0 saturated carbocycles. The predicted molar refractivity (Wildman–Crippen MR) is 79.7 cm³/mol. The minimum absolute atomic E-state index is 0.725. The molecule has 0 saturated heterocycles. The van der Waals surface area contributed by atoms with Crippen molar-refractivity contribution in [2.45, 2.75) is 26.7 Å². The SMILES string of the molecule is CC(C)CCOCCNCCCOc1ccccc1. The maximum absolute atomic E-state index is 5.61. The first kappa shape index (κ1) is 16.0. The Morgan fingerprint density at radius 1 is 1.00 bits per heavy atom. The van der Waals surface area contributed by atoms with Gasteiger partial charge in [0.05, 0.1) is 13.2 Å². The van der Waals surface area contributed by atoms with E-state index in [4.69, 9.17) is 9.47 Å². The molecule has 0 fully saturated rings. The molecule has 1 aromatic rings. The summed E-state index contributed by atoms with van der Waals surface area (Å²) in [7, 11) is 0. The molecular formula is C16H27NO2. The number of hydrogen-bond acceptors (Lipinski definition) is 3. The molecule has 0 aliphatic rings. The van der Waals surface area contributed by atoms with E-state index in [1.54, 1.807) is 0 Å². The van der Waals surface area contributed by atoms with Crippen LogP contribution in [0.15, 0.2) is 30.3 Å². The number of hydrogen-bond donors (Lipinski definition) is 1. The largest absolute Gasteiger partial charge is 0.494 e. The van der Waals surface area contributed by atoms with Crippen molar-refractivity contribution in [3.63, 3.8) is 0 Å². The summed E-state index contributed by atoms with van der Waals surface area (Å²) in [6.07, 6.45) is 2.16. The molecule has 0 unspecified atom stereocenters. The lowest BCUT2D eigenvalue weighted by atomic mass is 10.1. The molecule has 1 N–H and O–H groups in total. The lowest BCUT2D eigenvalue weighted by Gasteiger charge is -2.08. The molecule has 0 aromatic heterocycles. The molecule has 108 valence electrons. The van der Waals surface area contributed by atoms with Crippen LogP contribution >= 0.6 is 0 Å². The highest BCUT2D eigenvalue weighted by Crippen LogP contribution is 2.07. The second kappa shape index (κ2) is 10.8. The molecular weight excluding hydrogens is 238 g/mol. The van der Waals surface area contributed by atoms with Crippen molar-refractivity contribution in [1.82, 2.24) is 5.32 Å². The first-order chi connectivity index (χ1) is 9.29. The Morgan fingerprint density at radius 2 is 1.79 bits per heavy atom. The van der Waals surface area contributed by atoms with Gasteiger partial charge in [-0.2, -0.15) is 0 Å². The third kappa shape index (κ3) is 9.51. The van der Waals surface area contributed by atoms with Gasteiger partial charge in [0, 0.05) is 13.2 Å². The van der Waals surface area contributed by atoms with E-state index in [1.807, 2.05) is 30.3 Å². The van der Waals surface area contributed by atoms with Crippen LogP contribution in [0.3, 0.4) is 0 Å². The molecule has 0 atom stereocenters. The highest BCUT2D eigenvalue weighted by atomic mass is 16.5. The fraction of sp³-hybridized carbons (Fsp3) is 0.625. The summed E-state index contributed by atoms with van der Waals surface area (Å²) in [5.74, 6) is 1.67. The van der Waals surface area contributed by atoms with E-state index in [-0.39, 0.29) is 0 Å². The molecule has 0 radical (unpaired) electrons. The standard InChI is InChI=1S/C16H27NO2/c1-15(2)9-13-18-14-11-17-10-6-12-19-16-7-4-3-5-8-16/h3-5,7-8,15,17H,6,9-14H2,1-2H3. The normalized spacial score (nSPS) is 10.9. The molecule has 3 heteroatoms. The van der Waals surface area contributed by atoms with Gasteiger partial charge in [0.15, 0.2) is 0 Å². The van der Waals surface area contributed by atoms with Crippen molar-refractivity contribution in [2.75, 3.05) is 32.9 Å². The Kier molecular flexibility index (Phi) is 9.11. The van der Waals surface area contributed by atoms with Crippen molar-refractivity contribution in [1.29, 1.82) is 0 Å². The van der Waals surface area contributed by atoms with Crippen LogP contribution in [0.4, 0.5) is 0 Å². The van der Waals surface area contributed by atoms with E-state index in [1.165, 1.54) is 0 Å². The lowest BCUT2D eigenvalue weighted by molar-refractivity contribution is 0.125. The summed E-state index contributed by atoms with van der Waals surface area (Å²) in [6.45, 7) is 8.75. The predicted octanol–water partition coefficient (Wildman–Crippen LogP) is 3.11. The maximum atomic E-state index is 5.61. The third-order valence-corrected chi connectivity index (χ3v) is 2.77. The summed E-state index contributed by atoms with van der Waals surface area (Å²) < 4.78 is 11.1. The summed E-state index contributed by atoms with van der Waals surface area (Å²) in [5.41, 5.74) is 0. The fourth-order valence-corrected chi connectivity index (χ4v) is 1.59. The van der Waals surface area contributed by atoms with Crippen LogP contribution in [0.5, 0.6) is 5.75 Å². The minimum Gasteiger partial charge on any atom is -0.494 e. The Bertz CT molecular complexity index is 301. The minimum atomic E-state index is 0.725. The number of nitrogens with one attached hydrogen (secondary N) is 1. The van der Waals surface area contributed by atoms with Crippen molar-refractivity contribution < 1.29 is 9.47 Å². The highest BCUT2D eigenvalue weighted by molar-refractivity contribution is 5.20. The van der Waals surface area contributed by atoms with Gasteiger partial charge >= 0.3 is 0 Å². The zero-order valence-electron chi connectivity index (χ0n) is 12.2. The third-order valence-electron chi connectivity index (χ3n) is 2.77. The molecule has 0 spiro atoms. The topological polar surface area (TPSA) is 30.5 Å². The average Bonchev–Trinajstić information content (AvgIpc) is 2.42. The molecule has 3 nitrogen and oxygen atoms in total. The average molecular weight is 265 g/mol. The van der Waals surface area contributed by atoms with Crippen molar-refractivity contribution in [3.8, 4) is 5.75 Å². The number of benzene rings is 1. The van der Waals surface area contributed by atoms with Gasteiger partial charge < -0.3 is 14.8 Å². The number of rotatable bonds is 11. The Morgan fingerprint density at radius 3 is 2.53 bits per heavy atom. The van der Waals surface area contributed by atoms with Crippen LogP contribution in [-0.4, -0.2) is 32.9 Å². The number of para-hydroxylation sites is 1. The molecule has 0 bridgehead atoms. The second-order valence-corrected chi connectivity index (χ2v) is 5.06. The van der Waals surface area contributed by atoms with Crippen LogP contribution in [0, 0.1) is 5.92 Å². The van der Waals surface area contributed by atoms with Crippen molar-refractivity contribution >= 4 is 0 Å². The molecule has 0 aliphatic heterocycles. The molecule has 1 rings (SSSR count). The molecule has 0 aliphatic carbocycles. The van der Waals surface area contributed by atoms with Crippen LogP contribution in [0.1, 0.15) is 26.7 Å². The van der Waals surface area contributed by atoms with E-state index in [2.05, 4.69) is 19.2 Å². The van der Waals surface area contributed by atoms with Gasteiger partial charge in [-0.05, 0) is 37.4 Å². The molecule has 0 heterocycles. The lowest BCUT2D eigenvalue weighted by Crippen LogP contribution is -2.22. The molecule has 0 amide bonds. The Balaban J connectivity index is 1.81. The quantitative estimate of drug-likeness (QED) is 0.624. The summed E-state index contributed by atoms with van der Waals surface area (Å²) in [6, 6.07) is 9.93. The van der Waals surface area contributed by atoms with Crippen molar-refractivity contribution in [2.24, 2.45) is 5.92 Å². The van der Waals surface area contributed by atoms with E-state index < -0.39 is 0 Å². The first-order valence-corrected chi connectivity index (χ1v) is 7.25. The van der Waals surface area contributed by atoms with Crippen LogP contribution in [0.25, 0.3) is 0 Å². The smallest absolute Gasteiger partial charge is 0.119 e. The first-order valence-electron chi connectivity index (χ1n) is 7.25. The van der Waals surface area contributed by atoms with Crippen LogP contribution in [-0.2, 0) is 4.74 Å². The van der Waals surface area contributed by atoms with Crippen molar-refractivity contribution in [3.05, 3.63) is 30.3 Å². The van der Waals surface area contributed by atoms with Gasteiger partial charge in [-0.15, -0.1) is 0 Å². The van der Waals surface area contributed by atoms with Crippen LogP contribution < -0.4 is 10.1 Å².